The molecule has 328 valence electrons. The lowest BCUT2D eigenvalue weighted by Crippen LogP contribution is -2.10. The number of para-hydroxylation sites is 1. The zero-order valence-electron chi connectivity index (χ0n) is 38.3. The van der Waals surface area contributed by atoms with Crippen molar-refractivity contribution in [3.63, 3.8) is 0 Å². The number of benzene rings is 12. The van der Waals surface area contributed by atoms with Crippen molar-refractivity contribution in [2.24, 2.45) is 0 Å². The van der Waals surface area contributed by atoms with E-state index < -0.39 is 0 Å². The van der Waals surface area contributed by atoms with E-state index in [2.05, 4.69) is 266 Å². The molecule has 1 heterocycles. The van der Waals surface area contributed by atoms with Crippen molar-refractivity contribution in [3.8, 4) is 66.8 Å². The van der Waals surface area contributed by atoms with Crippen LogP contribution in [0.5, 0.6) is 0 Å². The van der Waals surface area contributed by atoms with Crippen LogP contribution in [-0.2, 0) is 0 Å². The molecule has 0 spiro atoms. The molecule has 0 aliphatic rings. The van der Waals surface area contributed by atoms with Gasteiger partial charge < -0.3 is 9.32 Å². The van der Waals surface area contributed by atoms with Gasteiger partial charge in [0.2, 0.25) is 0 Å². The molecule has 2 nitrogen and oxygen atoms in total. The van der Waals surface area contributed by atoms with Gasteiger partial charge in [-0.2, -0.15) is 0 Å². The van der Waals surface area contributed by atoms with Crippen molar-refractivity contribution in [2.45, 2.75) is 0 Å². The molecule has 0 bridgehead atoms. The molecule has 0 saturated heterocycles. The Morgan fingerprint density at radius 1 is 0.229 bits per heavy atom. The molecule has 0 aliphatic carbocycles. The van der Waals surface area contributed by atoms with Crippen LogP contribution in [0.4, 0.5) is 17.1 Å². The zero-order valence-corrected chi connectivity index (χ0v) is 38.3. The Hall–Kier alpha value is -9.24. The first-order valence-electron chi connectivity index (χ1n) is 24.0. The van der Waals surface area contributed by atoms with Gasteiger partial charge in [0.25, 0.3) is 0 Å². The minimum absolute atomic E-state index is 0.893. The summed E-state index contributed by atoms with van der Waals surface area (Å²) in [7, 11) is 0. The van der Waals surface area contributed by atoms with Crippen LogP contribution in [0, 0.1) is 0 Å². The molecule has 0 atom stereocenters. The van der Waals surface area contributed by atoms with Gasteiger partial charge >= 0.3 is 0 Å². The Balaban J connectivity index is 0.962. The topological polar surface area (TPSA) is 16.4 Å². The van der Waals surface area contributed by atoms with Gasteiger partial charge in [-0.3, -0.25) is 0 Å². The predicted molar refractivity (Wildman–Crippen MR) is 296 cm³/mol. The van der Waals surface area contributed by atoms with Gasteiger partial charge in [0, 0.05) is 27.8 Å². The number of fused-ring (bicyclic) bond motifs is 6. The summed E-state index contributed by atoms with van der Waals surface area (Å²) in [6.07, 6.45) is 0. The number of anilines is 3. The first-order chi connectivity index (χ1) is 34.7. The highest BCUT2D eigenvalue weighted by atomic mass is 16.3. The highest BCUT2D eigenvalue weighted by Gasteiger charge is 2.21. The van der Waals surface area contributed by atoms with Crippen molar-refractivity contribution in [1.29, 1.82) is 0 Å². The molecule has 0 fully saturated rings. The average Bonchev–Trinajstić information content (AvgIpc) is 3.83. The first kappa shape index (κ1) is 41.0. The summed E-state index contributed by atoms with van der Waals surface area (Å²) in [6.45, 7) is 0. The summed E-state index contributed by atoms with van der Waals surface area (Å²) in [5, 5.41) is 7.24. The molecule has 0 aliphatic heterocycles. The predicted octanol–water partition coefficient (Wildman–Crippen LogP) is 19.4. The molecule has 0 saturated carbocycles. The molecule has 13 aromatic rings. The smallest absolute Gasteiger partial charge is 0.136 e. The third kappa shape index (κ3) is 7.22. The van der Waals surface area contributed by atoms with E-state index in [0.717, 1.165) is 55.7 Å². The van der Waals surface area contributed by atoms with Crippen LogP contribution in [0.2, 0.25) is 0 Å². The monoisotopic (exact) mass is 891 g/mol. The number of hydrogen-bond donors (Lipinski definition) is 0. The van der Waals surface area contributed by atoms with Gasteiger partial charge in [-0.25, -0.2) is 0 Å². The van der Waals surface area contributed by atoms with E-state index in [1.807, 2.05) is 12.1 Å². The van der Waals surface area contributed by atoms with Crippen molar-refractivity contribution < 1.29 is 4.42 Å². The Bertz CT molecular complexity index is 4010. The maximum absolute atomic E-state index is 6.30. The Labute approximate surface area is 407 Å². The van der Waals surface area contributed by atoms with Crippen molar-refractivity contribution >= 4 is 60.5 Å². The fourth-order valence-electron chi connectivity index (χ4n) is 10.6. The van der Waals surface area contributed by atoms with Gasteiger partial charge in [0.15, 0.2) is 0 Å². The number of furan rings is 1. The van der Waals surface area contributed by atoms with Crippen LogP contribution in [0.1, 0.15) is 0 Å². The van der Waals surface area contributed by atoms with Crippen LogP contribution in [0.25, 0.3) is 110 Å². The third-order valence-corrected chi connectivity index (χ3v) is 13.9. The first-order valence-corrected chi connectivity index (χ1v) is 24.0. The summed E-state index contributed by atoms with van der Waals surface area (Å²) in [4.78, 5) is 2.38. The Kier molecular flexibility index (Phi) is 10.2. The zero-order chi connectivity index (χ0) is 46.4. The molecule has 70 heavy (non-hydrogen) atoms. The quantitative estimate of drug-likeness (QED) is 0.134. The fourth-order valence-corrected chi connectivity index (χ4v) is 10.6. The Morgan fingerprint density at radius 2 is 0.686 bits per heavy atom. The molecule has 0 amide bonds. The van der Waals surface area contributed by atoms with E-state index in [4.69, 9.17) is 4.42 Å². The SMILES string of the molecule is c1ccc(-c2ccc(N(c3ccc(-c4ccc5c(c4)c(-c4ccccc4)c(-c4ccccc4)c4ccccc45)cc3)c3ccc(-c4cccc5oc6ccccc6c45)cc3)cc2-c2ccccc2)cc1. The van der Waals surface area contributed by atoms with E-state index in [-0.39, 0.29) is 0 Å². The minimum atomic E-state index is 0.893. The van der Waals surface area contributed by atoms with Gasteiger partial charge in [-0.15, -0.1) is 0 Å². The van der Waals surface area contributed by atoms with Crippen LogP contribution >= 0.6 is 0 Å². The molecular formula is C68H45NO. The summed E-state index contributed by atoms with van der Waals surface area (Å²) >= 11 is 0. The van der Waals surface area contributed by atoms with Crippen LogP contribution < -0.4 is 4.90 Å². The normalized spacial score (nSPS) is 11.4. The van der Waals surface area contributed by atoms with Gasteiger partial charge in [0.1, 0.15) is 11.2 Å². The lowest BCUT2D eigenvalue weighted by molar-refractivity contribution is 0.669. The molecule has 0 unspecified atom stereocenters. The summed E-state index contributed by atoms with van der Waals surface area (Å²) < 4.78 is 6.30. The lowest BCUT2D eigenvalue weighted by atomic mass is 9.84. The largest absolute Gasteiger partial charge is 0.456 e. The van der Waals surface area contributed by atoms with Crippen LogP contribution in [-0.4, -0.2) is 0 Å². The van der Waals surface area contributed by atoms with E-state index in [1.165, 1.54) is 71.6 Å². The van der Waals surface area contributed by atoms with E-state index >= 15 is 0 Å². The molecule has 1 aromatic heterocycles. The maximum atomic E-state index is 6.30. The Morgan fingerprint density at radius 3 is 1.33 bits per heavy atom. The van der Waals surface area contributed by atoms with E-state index in [0.29, 0.717) is 0 Å². The molecule has 13 rings (SSSR count). The maximum Gasteiger partial charge on any atom is 0.136 e. The standard InChI is InChI=1S/C68H45NO/c1-5-18-47(19-6-1)56-43-41-55(45-62(56)48-20-7-2-8-21-48)69(54-39-34-49(35-40-54)57-29-17-31-65-68(57)61-28-15-16-30-64(61)70-65)53-37-32-46(33-38-53)52-36-42-59-58-26-13-14-27-60(58)66(50-22-9-3-10-23-50)67(63(59)44-52)51-24-11-4-12-25-51/h1-45H. The van der Waals surface area contributed by atoms with Crippen molar-refractivity contribution in [2.75, 3.05) is 4.90 Å². The number of nitrogens with zero attached hydrogens (tertiary/aromatic N) is 1. The summed E-state index contributed by atoms with van der Waals surface area (Å²) in [5.74, 6) is 0. The number of rotatable bonds is 9. The van der Waals surface area contributed by atoms with Crippen LogP contribution in [0.15, 0.2) is 277 Å². The third-order valence-electron chi connectivity index (χ3n) is 13.9. The minimum Gasteiger partial charge on any atom is -0.456 e. The van der Waals surface area contributed by atoms with Gasteiger partial charge in [0.05, 0.1) is 0 Å². The van der Waals surface area contributed by atoms with Gasteiger partial charge in [-0.1, -0.05) is 218 Å². The molecule has 0 radical (unpaired) electrons. The number of hydrogen-bond acceptors (Lipinski definition) is 2. The highest BCUT2D eigenvalue weighted by Crippen LogP contribution is 2.47. The average molecular weight is 892 g/mol. The second kappa shape index (κ2) is 17.4. The second-order valence-electron chi connectivity index (χ2n) is 18.0. The van der Waals surface area contributed by atoms with Crippen molar-refractivity contribution in [3.05, 3.63) is 273 Å². The summed E-state index contributed by atoms with van der Waals surface area (Å²) in [6, 6.07) is 98.7. The molecule has 12 aromatic carbocycles. The van der Waals surface area contributed by atoms with Crippen LogP contribution in [0.3, 0.4) is 0 Å². The molecule has 0 N–H and O–H groups in total. The molecular weight excluding hydrogens is 847 g/mol. The van der Waals surface area contributed by atoms with E-state index in [1.54, 1.807) is 0 Å². The second-order valence-corrected chi connectivity index (χ2v) is 18.0. The van der Waals surface area contributed by atoms with E-state index in [9.17, 15) is 0 Å². The fraction of sp³-hybridized carbons (Fsp3) is 0. The van der Waals surface area contributed by atoms with Gasteiger partial charge in [-0.05, 0) is 143 Å². The lowest BCUT2D eigenvalue weighted by Gasteiger charge is -2.27. The molecule has 2 heteroatoms. The highest BCUT2D eigenvalue weighted by molar-refractivity contribution is 6.22. The summed E-state index contributed by atoms with van der Waals surface area (Å²) in [5.41, 5.74) is 19.2. The van der Waals surface area contributed by atoms with Crippen molar-refractivity contribution in [1.82, 2.24) is 0 Å².